The first-order valence-corrected chi connectivity index (χ1v) is 13.0. The fourth-order valence-electron chi connectivity index (χ4n) is 3.92. The molecule has 186 valence electrons. The van der Waals surface area contributed by atoms with Crippen LogP contribution in [0.25, 0.3) is 0 Å². The molecule has 35 heavy (non-hydrogen) atoms. The molecule has 9 heteroatoms. The molecule has 0 saturated carbocycles. The van der Waals surface area contributed by atoms with Crippen LogP contribution in [0.4, 0.5) is 5.00 Å². The van der Waals surface area contributed by atoms with Crippen molar-refractivity contribution in [2.45, 2.75) is 31.3 Å². The van der Waals surface area contributed by atoms with Gasteiger partial charge in [-0.3, -0.25) is 9.69 Å². The molecule has 0 unspecified atom stereocenters. The van der Waals surface area contributed by atoms with Crippen LogP contribution in [0, 0.1) is 0 Å². The van der Waals surface area contributed by atoms with Crippen molar-refractivity contribution in [1.29, 1.82) is 0 Å². The van der Waals surface area contributed by atoms with Crippen LogP contribution in [0.15, 0.2) is 59.5 Å². The largest absolute Gasteiger partial charge is 0.497 e. The number of anilines is 1. The number of thiophene rings is 1. The average molecular weight is 533 g/mol. The van der Waals surface area contributed by atoms with Gasteiger partial charge in [0.1, 0.15) is 10.8 Å². The molecule has 3 aromatic rings. The molecule has 0 spiro atoms. The minimum Gasteiger partial charge on any atom is -0.497 e. The Bertz CT molecular complexity index is 1140. The second kappa shape index (κ2) is 13.0. The van der Waals surface area contributed by atoms with E-state index in [0.717, 1.165) is 47.1 Å². The lowest BCUT2D eigenvalue weighted by atomic mass is 10.0. The summed E-state index contributed by atoms with van der Waals surface area (Å²) in [5, 5.41) is 3.57. The zero-order chi connectivity index (χ0) is 23.9. The van der Waals surface area contributed by atoms with Crippen LogP contribution in [0.5, 0.6) is 5.75 Å². The summed E-state index contributed by atoms with van der Waals surface area (Å²) >= 11 is 2.93. The van der Waals surface area contributed by atoms with Gasteiger partial charge < -0.3 is 14.8 Å². The van der Waals surface area contributed by atoms with E-state index in [0.29, 0.717) is 17.2 Å². The topological polar surface area (TPSA) is 67.9 Å². The highest BCUT2D eigenvalue weighted by atomic mass is 35.5. The zero-order valence-corrected chi connectivity index (χ0v) is 22.2. The second-order valence-corrected chi connectivity index (χ2v) is 10.0. The number of benzene rings is 2. The van der Waals surface area contributed by atoms with E-state index in [-0.39, 0.29) is 30.0 Å². The maximum atomic E-state index is 12.8. The van der Waals surface area contributed by atoms with Crippen molar-refractivity contribution < 1.29 is 19.1 Å². The van der Waals surface area contributed by atoms with Crippen LogP contribution >= 0.6 is 35.5 Å². The van der Waals surface area contributed by atoms with Crippen LogP contribution in [-0.4, -0.2) is 42.8 Å². The van der Waals surface area contributed by atoms with Crippen LogP contribution in [0.1, 0.15) is 33.3 Å². The van der Waals surface area contributed by atoms with Gasteiger partial charge in [0.25, 0.3) is 0 Å². The van der Waals surface area contributed by atoms with Crippen LogP contribution in [0.3, 0.4) is 0 Å². The van der Waals surface area contributed by atoms with Crippen molar-refractivity contribution in [3.63, 3.8) is 0 Å². The van der Waals surface area contributed by atoms with Gasteiger partial charge in [-0.15, -0.1) is 35.5 Å². The third kappa shape index (κ3) is 7.01. The summed E-state index contributed by atoms with van der Waals surface area (Å²) in [4.78, 5) is 30.0. The fraction of sp³-hybridized carbons (Fsp3) is 0.308. The Balaban J connectivity index is 0.00000342. The number of ether oxygens (including phenoxy) is 2. The molecule has 0 bridgehead atoms. The minimum atomic E-state index is -0.366. The number of amides is 1. The summed E-state index contributed by atoms with van der Waals surface area (Å²) in [6.45, 7) is 4.54. The molecule has 1 aromatic heterocycles. The number of hydrogen-bond donors (Lipinski definition) is 1. The SMILES string of the molecule is CCOC(=O)c1c(NC(=O)CSc2ccc(OC)cc2)sc2c1CCN(Cc1ccccc1)C2.Cl. The maximum absolute atomic E-state index is 12.8. The molecule has 6 nitrogen and oxygen atoms in total. The van der Waals surface area contributed by atoms with E-state index in [1.165, 1.54) is 28.7 Å². The van der Waals surface area contributed by atoms with E-state index in [1.807, 2.05) is 42.5 Å². The normalized spacial score (nSPS) is 12.9. The number of nitrogens with one attached hydrogen (secondary N) is 1. The molecule has 1 amide bonds. The van der Waals surface area contributed by atoms with E-state index < -0.39 is 0 Å². The molecule has 0 saturated heterocycles. The number of rotatable bonds is 9. The fourth-order valence-corrected chi connectivity index (χ4v) is 5.92. The molecule has 1 aliphatic heterocycles. The first kappa shape index (κ1) is 27.1. The first-order chi connectivity index (χ1) is 16.6. The standard InChI is InChI=1S/C26H28N2O4S2.ClH/c1-3-32-26(30)24-21-13-14-28(15-18-7-5-4-6-8-18)16-22(21)34-25(24)27-23(29)17-33-20-11-9-19(31-2)10-12-20;/h4-12H,3,13-17H2,1-2H3,(H,27,29);1H. The van der Waals surface area contributed by atoms with Gasteiger partial charge in [-0.05, 0) is 48.7 Å². The number of hydrogen-bond acceptors (Lipinski definition) is 7. The van der Waals surface area contributed by atoms with Gasteiger partial charge in [-0.25, -0.2) is 4.79 Å². The number of carbonyl (C=O) groups excluding carboxylic acids is 2. The molecule has 2 heterocycles. The van der Waals surface area contributed by atoms with Crippen molar-refractivity contribution in [3.05, 3.63) is 76.2 Å². The molecular weight excluding hydrogens is 504 g/mol. The van der Waals surface area contributed by atoms with E-state index >= 15 is 0 Å². The smallest absolute Gasteiger partial charge is 0.341 e. The quantitative estimate of drug-likeness (QED) is 0.284. The lowest BCUT2D eigenvalue weighted by molar-refractivity contribution is -0.113. The molecule has 0 radical (unpaired) electrons. The molecular formula is C26H29ClN2O4S2. The zero-order valence-electron chi connectivity index (χ0n) is 19.7. The van der Waals surface area contributed by atoms with Crippen molar-refractivity contribution in [1.82, 2.24) is 4.90 Å². The molecule has 0 aliphatic carbocycles. The summed E-state index contributed by atoms with van der Waals surface area (Å²) in [6, 6.07) is 17.9. The molecule has 4 rings (SSSR count). The van der Waals surface area contributed by atoms with Crippen molar-refractivity contribution >= 4 is 52.4 Å². The van der Waals surface area contributed by atoms with Crippen LogP contribution < -0.4 is 10.1 Å². The Kier molecular flexibility index (Phi) is 10.0. The van der Waals surface area contributed by atoms with Gasteiger partial charge in [0, 0.05) is 29.4 Å². The summed E-state index contributed by atoms with van der Waals surface area (Å²) in [6.07, 6.45) is 0.753. The monoisotopic (exact) mass is 532 g/mol. The Morgan fingerprint density at radius 1 is 1.11 bits per heavy atom. The van der Waals surface area contributed by atoms with E-state index in [1.54, 1.807) is 14.0 Å². The summed E-state index contributed by atoms with van der Waals surface area (Å²) in [7, 11) is 1.62. The third-order valence-corrected chi connectivity index (χ3v) is 7.69. The number of fused-ring (bicyclic) bond motifs is 1. The molecule has 0 fully saturated rings. The molecule has 1 N–H and O–H groups in total. The summed E-state index contributed by atoms with van der Waals surface area (Å²) in [5.41, 5.74) is 2.78. The Hall–Kier alpha value is -2.52. The van der Waals surface area contributed by atoms with E-state index in [9.17, 15) is 9.59 Å². The van der Waals surface area contributed by atoms with Gasteiger partial charge in [-0.1, -0.05) is 30.3 Å². The van der Waals surface area contributed by atoms with Gasteiger partial charge in [0.2, 0.25) is 5.91 Å². The number of halogens is 1. The van der Waals surface area contributed by atoms with Crippen molar-refractivity contribution in [2.24, 2.45) is 0 Å². The molecule has 0 atom stereocenters. The van der Waals surface area contributed by atoms with Crippen molar-refractivity contribution in [2.75, 3.05) is 31.3 Å². The third-order valence-electron chi connectivity index (χ3n) is 5.55. The van der Waals surface area contributed by atoms with Gasteiger partial charge >= 0.3 is 5.97 Å². The van der Waals surface area contributed by atoms with E-state index in [2.05, 4.69) is 22.3 Å². The van der Waals surface area contributed by atoms with Crippen molar-refractivity contribution in [3.8, 4) is 5.75 Å². The first-order valence-electron chi connectivity index (χ1n) is 11.2. The maximum Gasteiger partial charge on any atom is 0.341 e. The number of esters is 1. The van der Waals surface area contributed by atoms with Gasteiger partial charge in [0.05, 0.1) is 25.0 Å². The minimum absolute atomic E-state index is 0. The Morgan fingerprint density at radius 3 is 2.54 bits per heavy atom. The van der Waals surface area contributed by atoms with E-state index in [4.69, 9.17) is 9.47 Å². The van der Waals surface area contributed by atoms with Crippen LogP contribution in [-0.2, 0) is 29.0 Å². The summed E-state index contributed by atoms with van der Waals surface area (Å²) in [5.74, 6) is 0.510. The second-order valence-electron chi connectivity index (χ2n) is 7.89. The van der Waals surface area contributed by atoms with Gasteiger partial charge in [-0.2, -0.15) is 0 Å². The number of nitrogens with zero attached hydrogens (tertiary/aromatic N) is 1. The van der Waals surface area contributed by atoms with Gasteiger partial charge in [0.15, 0.2) is 0 Å². The number of thioether (sulfide) groups is 1. The summed E-state index contributed by atoms with van der Waals surface area (Å²) < 4.78 is 10.5. The lowest BCUT2D eigenvalue weighted by Gasteiger charge is -2.27. The molecule has 1 aliphatic rings. The average Bonchev–Trinajstić information content (AvgIpc) is 3.20. The van der Waals surface area contributed by atoms with Crippen LogP contribution in [0.2, 0.25) is 0 Å². The highest BCUT2D eigenvalue weighted by Crippen LogP contribution is 2.38. The number of methoxy groups -OCH3 is 1. The number of carbonyl (C=O) groups is 2. The predicted octanol–water partition coefficient (Wildman–Crippen LogP) is 5.64. The predicted molar refractivity (Wildman–Crippen MR) is 144 cm³/mol. The Morgan fingerprint density at radius 2 is 1.86 bits per heavy atom. The Labute approximate surface area is 220 Å². The lowest BCUT2D eigenvalue weighted by Crippen LogP contribution is -2.30. The molecule has 2 aromatic carbocycles. The highest BCUT2D eigenvalue weighted by molar-refractivity contribution is 8.00. The highest BCUT2D eigenvalue weighted by Gasteiger charge is 2.29.